The van der Waals surface area contributed by atoms with Crippen LogP contribution in [0.2, 0.25) is 0 Å². The van der Waals surface area contributed by atoms with E-state index in [-0.39, 0.29) is 31.5 Å². The van der Waals surface area contributed by atoms with Crippen molar-refractivity contribution in [1.82, 2.24) is 5.32 Å². The minimum absolute atomic E-state index is 0.0322. The number of carbonyl (C=O) groups is 2. The Balaban J connectivity index is 5.21. The Bertz CT molecular complexity index is 1670. The largest absolute Gasteiger partial charge is 0.472 e. The van der Waals surface area contributed by atoms with Gasteiger partial charge in [0.15, 0.2) is 0 Å². The van der Waals surface area contributed by atoms with Crippen molar-refractivity contribution in [2.45, 2.75) is 290 Å². The summed E-state index contributed by atoms with van der Waals surface area (Å²) in [6.45, 7) is 6.88. The van der Waals surface area contributed by atoms with Crippen LogP contribution in [0.4, 0.5) is 0 Å². The molecular formula is C69H124N2O7P+. The van der Waals surface area contributed by atoms with E-state index in [1.165, 1.54) is 103 Å². The second kappa shape index (κ2) is 58.1. The summed E-state index contributed by atoms with van der Waals surface area (Å²) < 4.78 is 30.7. The van der Waals surface area contributed by atoms with E-state index >= 15 is 0 Å². The second-order valence-electron chi connectivity index (χ2n) is 22.9. The van der Waals surface area contributed by atoms with E-state index in [1.807, 2.05) is 33.3 Å². The molecule has 0 radical (unpaired) electrons. The number of likely N-dealkylation sites (N-methyl/N-ethyl adjacent to an activating group) is 1. The first kappa shape index (κ1) is 75.9. The number of esters is 1. The highest BCUT2D eigenvalue weighted by molar-refractivity contribution is 7.47. The molecule has 0 aliphatic rings. The molecule has 9 nitrogen and oxygen atoms in total. The number of phosphoric acid groups is 1. The van der Waals surface area contributed by atoms with E-state index < -0.39 is 20.0 Å². The quantitative estimate of drug-likeness (QED) is 0.0205. The molecule has 0 aromatic rings. The van der Waals surface area contributed by atoms with Crippen LogP contribution in [0, 0.1) is 0 Å². The van der Waals surface area contributed by atoms with E-state index in [0.29, 0.717) is 17.4 Å². The van der Waals surface area contributed by atoms with E-state index in [9.17, 15) is 19.0 Å². The van der Waals surface area contributed by atoms with E-state index in [1.54, 1.807) is 0 Å². The van der Waals surface area contributed by atoms with Crippen LogP contribution in [0.5, 0.6) is 0 Å². The lowest BCUT2D eigenvalue weighted by Crippen LogP contribution is -2.47. The first-order chi connectivity index (χ1) is 38.4. The molecule has 1 amide bonds. The number of nitrogens with one attached hydrogen (secondary N) is 1. The van der Waals surface area contributed by atoms with Crippen LogP contribution < -0.4 is 5.32 Å². The van der Waals surface area contributed by atoms with Crippen molar-refractivity contribution in [3.63, 3.8) is 0 Å². The zero-order chi connectivity index (χ0) is 57.9. The van der Waals surface area contributed by atoms with Crippen LogP contribution >= 0.6 is 7.82 Å². The zero-order valence-corrected chi connectivity index (χ0v) is 53.0. The van der Waals surface area contributed by atoms with Gasteiger partial charge in [-0.3, -0.25) is 18.6 Å². The monoisotopic (exact) mass is 1120 g/mol. The van der Waals surface area contributed by atoms with Gasteiger partial charge in [-0.2, -0.15) is 0 Å². The summed E-state index contributed by atoms with van der Waals surface area (Å²) in [5, 5.41) is 3.05. The molecule has 0 aromatic heterocycles. The highest BCUT2D eigenvalue weighted by Gasteiger charge is 2.30. The molecule has 456 valence electrons. The topological polar surface area (TPSA) is 111 Å². The van der Waals surface area contributed by atoms with E-state index in [4.69, 9.17) is 13.8 Å². The molecule has 0 aliphatic heterocycles. The van der Waals surface area contributed by atoms with Crippen molar-refractivity contribution in [1.29, 1.82) is 0 Å². The van der Waals surface area contributed by atoms with E-state index in [2.05, 4.69) is 111 Å². The summed E-state index contributed by atoms with van der Waals surface area (Å²) in [4.78, 5) is 37.8. The maximum Gasteiger partial charge on any atom is 0.472 e. The van der Waals surface area contributed by atoms with Crippen molar-refractivity contribution in [3.8, 4) is 0 Å². The number of hydrogen-bond donors (Lipinski definition) is 2. The summed E-state index contributed by atoms with van der Waals surface area (Å²) in [5.41, 5.74) is 0. The second-order valence-corrected chi connectivity index (χ2v) is 24.4. The Hall–Kier alpha value is -3.07. The molecule has 3 unspecified atom stereocenters. The van der Waals surface area contributed by atoms with Gasteiger partial charge in [-0.25, -0.2) is 4.57 Å². The molecule has 0 fully saturated rings. The average molecular weight is 1120 g/mol. The Morgan fingerprint density at radius 3 is 1.23 bits per heavy atom. The van der Waals surface area contributed by atoms with E-state index in [0.717, 1.165) is 141 Å². The van der Waals surface area contributed by atoms with Gasteiger partial charge in [-0.05, 0) is 109 Å². The fourth-order valence-corrected chi connectivity index (χ4v) is 9.73. The lowest BCUT2D eigenvalue weighted by molar-refractivity contribution is -0.870. The number of quaternary nitrogens is 1. The van der Waals surface area contributed by atoms with Gasteiger partial charge in [0.1, 0.15) is 19.3 Å². The zero-order valence-electron chi connectivity index (χ0n) is 52.1. The number of carbonyl (C=O) groups excluding carboxylic acids is 2. The molecule has 3 atom stereocenters. The molecule has 0 rings (SSSR count). The van der Waals surface area contributed by atoms with Crippen molar-refractivity contribution in [3.05, 3.63) is 97.2 Å². The first-order valence-corrected chi connectivity index (χ1v) is 34.1. The Morgan fingerprint density at radius 1 is 0.456 bits per heavy atom. The maximum absolute atomic E-state index is 13.6. The number of rotatable bonds is 58. The minimum atomic E-state index is -4.46. The lowest BCUT2D eigenvalue weighted by Gasteiger charge is -2.27. The van der Waals surface area contributed by atoms with Gasteiger partial charge in [0.2, 0.25) is 5.91 Å². The summed E-state index contributed by atoms with van der Waals surface area (Å²) in [5.74, 6) is -0.532. The molecule has 0 aromatic carbocycles. The average Bonchev–Trinajstić information content (AvgIpc) is 3.41. The van der Waals surface area contributed by atoms with Crippen molar-refractivity contribution < 1.29 is 37.3 Å². The van der Waals surface area contributed by atoms with Gasteiger partial charge in [0, 0.05) is 12.8 Å². The molecule has 79 heavy (non-hydrogen) atoms. The molecule has 0 bridgehead atoms. The fraction of sp³-hybridized carbons (Fsp3) is 0.739. The highest BCUT2D eigenvalue weighted by Crippen LogP contribution is 2.43. The van der Waals surface area contributed by atoms with Crippen LogP contribution in [0.15, 0.2) is 97.2 Å². The van der Waals surface area contributed by atoms with Crippen LogP contribution in [0.1, 0.15) is 278 Å². The number of nitrogens with zero attached hydrogens (tertiary/aromatic N) is 1. The predicted molar refractivity (Wildman–Crippen MR) is 341 cm³/mol. The molecule has 0 spiro atoms. The molecule has 0 saturated heterocycles. The molecular weight excluding hydrogens is 1000 g/mol. The number of amides is 1. The third-order valence-electron chi connectivity index (χ3n) is 14.0. The summed E-state index contributed by atoms with van der Waals surface area (Å²) in [6.07, 6.45) is 78.3. The number of phosphoric ester groups is 1. The lowest BCUT2D eigenvalue weighted by atomic mass is 10.0. The van der Waals surface area contributed by atoms with Crippen molar-refractivity contribution >= 4 is 19.7 Å². The number of unbranched alkanes of at least 4 members (excludes halogenated alkanes) is 28. The summed E-state index contributed by atoms with van der Waals surface area (Å²) >= 11 is 0. The third kappa shape index (κ3) is 59.4. The van der Waals surface area contributed by atoms with Crippen molar-refractivity contribution in [2.75, 3.05) is 40.9 Å². The SMILES string of the molecule is CC/C=C\C/C=C\C/C=C\C/C=C\C/C=C\C/C=C\CCCCCCCCC(=O)OC(/C=C\CCCCCCCCCCCC)C(COP(=O)(O)OCC[N+](C)(C)C)NC(=O)CCCCCCC/C=C/CCCCCCCCC. The molecule has 0 saturated carbocycles. The summed E-state index contributed by atoms with van der Waals surface area (Å²) in [6, 6.07) is -0.864. The van der Waals surface area contributed by atoms with Gasteiger partial charge in [-0.1, -0.05) is 253 Å². The Morgan fingerprint density at radius 2 is 0.810 bits per heavy atom. The molecule has 2 N–H and O–H groups in total. The normalized spacial score (nSPS) is 14.3. The summed E-state index contributed by atoms with van der Waals surface area (Å²) in [7, 11) is 1.47. The van der Waals surface area contributed by atoms with Crippen LogP contribution in [0.3, 0.4) is 0 Å². The number of allylic oxidation sites excluding steroid dienone is 15. The van der Waals surface area contributed by atoms with Gasteiger partial charge >= 0.3 is 13.8 Å². The van der Waals surface area contributed by atoms with Crippen molar-refractivity contribution in [2.24, 2.45) is 0 Å². The first-order valence-electron chi connectivity index (χ1n) is 32.6. The predicted octanol–water partition coefficient (Wildman–Crippen LogP) is 20.3. The Labute approximate surface area is 488 Å². The molecule has 0 aliphatic carbocycles. The fourth-order valence-electron chi connectivity index (χ4n) is 9.00. The maximum atomic E-state index is 13.6. The number of hydrogen-bond acceptors (Lipinski definition) is 6. The van der Waals surface area contributed by atoms with Gasteiger partial charge in [-0.15, -0.1) is 0 Å². The van der Waals surface area contributed by atoms with Crippen LogP contribution in [0.25, 0.3) is 0 Å². The minimum Gasteiger partial charge on any atom is -0.456 e. The third-order valence-corrected chi connectivity index (χ3v) is 15.0. The van der Waals surface area contributed by atoms with Crippen LogP contribution in [-0.4, -0.2) is 74.3 Å². The molecule has 10 heteroatoms. The van der Waals surface area contributed by atoms with Crippen LogP contribution in [-0.2, 0) is 27.9 Å². The van der Waals surface area contributed by atoms with Gasteiger partial charge < -0.3 is 19.4 Å². The Kier molecular flexibility index (Phi) is 55.9. The standard InChI is InChI=1S/C69H123N2O7P/c1-7-10-13-16-19-22-25-28-30-32-33-34-35-36-37-38-39-40-42-44-47-50-53-56-59-62-69(73)78-67(60-57-54-51-48-45-27-24-21-18-15-12-9-3)66(65-77-79(74,75)76-64-63-71(4,5)6)70-68(72)61-58-55-52-49-46-43-41-31-29-26-23-20-17-14-11-8-2/h10,13,19,22,28,30-31,33-34,36-37,39-41,57,60,66-67H,7-9,11-12,14-18,20-21,23-27,29,32,35,38,42-56,58-59,61-65H2,1-6H3,(H-,70,72,74,75)/p+1/b13-10-,22-19-,30-28-,34-33-,37-36-,40-39-,41-31+,60-57-. The molecule has 0 heterocycles. The number of ether oxygens (including phenoxy) is 1. The highest BCUT2D eigenvalue weighted by atomic mass is 31.2. The van der Waals surface area contributed by atoms with Gasteiger partial charge in [0.05, 0.1) is 33.8 Å². The van der Waals surface area contributed by atoms with Gasteiger partial charge in [0.25, 0.3) is 0 Å². The smallest absolute Gasteiger partial charge is 0.456 e.